The topological polar surface area (TPSA) is 75.8 Å². The van der Waals surface area contributed by atoms with Gasteiger partial charge in [-0.05, 0) is 39.5 Å². The summed E-state index contributed by atoms with van der Waals surface area (Å²) >= 11 is 0. The van der Waals surface area contributed by atoms with E-state index < -0.39 is 14.6 Å². The van der Waals surface area contributed by atoms with Crippen molar-refractivity contribution < 1.29 is 8.42 Å². The molecule has 1 fully saturated rings. The SMILES string of the molecule is CC1CCN(C(N)=NCCS(=O)(=O)C(C)(C)C)CC1. The third-order valence-corrected chi connectivity index (χ3v) is 6.26. The minimum Gasteiger partial charge on any atom is -0.370 e. The summed E-state index contributed by atoms with van der Waals surface area (Å²) in [4.78, 5) is 6.26. The van der Waals surface area contributed by atoms with Gasteiger partial charge in [-0.25, -0.2) is 8.42 Å². The second-order valence-electron chi connectivity index (χ2n) is 6.34. The predicted octanol–water partition coefficient (Wildman–Crippen LogP) is 1.25. The lowest BCUT2D eigenvalue weighted by Gasteiger charge is -2.31. The predicted molar refractivity (Wildman–Crippen MR) is 80.0 cm³/mol. The van der Waals surface area contributed by atoms with Crippen molar-refractivity contribution in [2.24, 2.45) is 16.6 Å². The third kappa shape index (κ3) is 4.67. The zero-order chi connectivity index (χ0) is 14.7. The first-order chi connectivity index (χ1) is 8.63. The summed E-state index contributed by atoms with van der Waals surface area (Å²) in [5.74, 6) is 1.28. The number of likely N-dealkylation sites (tertiary alicyclic amines) is 1. The van der Waals surface area contributed by atoms with Crippen LogP contribution in [0.4, 0.5) is 0 Å². The quantitative estimate of drug-likeness (QED) is 0.626. The Morgan fingerprint density at radius 2 is 1.84 bits per heavy atom. The van der Waals surface area contributed by atoms with Crippen molar-refractivity contribution in [1.29, 1.82) is 0 Å². The number of nitrogens with zero attached hydrogens (tertiary/aromatic N) is 2. The van der Waals surface area contributed by atoms with E-state index in [-0.39, 0.29) is 12.3 Å². The van der Waals surface area contributed by atoms with Crippen LogP contribution in [0.2, 0.25) is 0 Å². The first kappa shape index (κ1) is 16.3. The molecule has 112 valence electrons. The van der Waals surface area contributed by atoms with Crippen LogP contribution in [0.15, 0.2) is 4.99 Å². The molecule has 0 bridgehead atoms. The maximum Gasteiger partial charge on any atom is 0.191 e. The Bertz CT molecular complexity index is 416. The van der Waals surface area contributed by atoms with Crippen molar-refractivity contribution in [3.63, 3.8) is 0 Å². The van der Waals surface area contributed by atoms with Crippen LogP contribution >= 0.6 is 0 Å². The van der Waals surface area contributed by atoms with Crippen molar-refractivity contribution in [1.82, 2.24) is 4.90 Å². The maximum absolute atomic E-state index is 11.9. The van der Waals surface area contributed by atoms with Crippen LogP contribution < -0.4 is 5.73 Å². The van der Waals surface area contributed by atoms with Gasteiger partial charge in [0.15, 0.2) is 15.8 Å². The Kier molecular flexibility index (Phi) is 5.24. The Balaban J connectivity index is 2.49. The van der Waals surface area contributed by atoms with Crippen molar-refractivity contribution in [3.8, 4) is 0 Å². The van der Waals surface area contributed by atoms with Gasteiger partial charge >= 0.3 is 0 Å². The average molecular weight is 289 g/mol. The van der Waals surface area contributed by atoms with Gasteiger partial charge in [-0.3, -0.25) is 4.99 Å². The maximum atomic E-state index is 11.9. The number of guanidine groups is 1. The van der Waals surface area contributed by atoms with Gasteiger partial charge in [-0.1, -0.05) is 6.92 Å². The highest BCUT2D eigenvalue weighted by atomic mass is 32.2. The first-order valence-corrected chi connectivity index (χ1v) is 8.56. The fourth-order valence-electron chi connectivity index (χ4n) is 1.92. The number of sulfone groups is 1. The molecule has 0 radical (unpaired) electrons. The molecule has 1 aliphatic rings. The highest BCUT2D eigenvalue weighted by Crippen LogP contribution is 2.17. The Morgan fingerprint density at radius 3 is 2.32 bits per heavy atom. The van der Waals surface area contributed by atoms with Gasteiger partial charge in [-0.15, -0.1) is 0 Å². The highest BCUT2D eigenvalue weighted by Gasteiger charge is 2.28. The van der Waals surface area contributed by atoms with E-state index in [4.69, 9.17) is 5.73 Å². The van der Waals surface area contributed by atoms with Crippen LogP contribution in [0.25, 0.3) is 0 Å². The fourth-order valence-corrected chi connectivity index (χ4v) is 2.87. The summed E-state index contributed by atoms with van der Waals surface area (Å²) in [5, 5.41) is 0. The third-order valence-electron chi connectivity index (χ3n) is 3.67. The summed E-state index contributed by atoms with van der Waals surface area (Å²) in [6.45, 7) is 9.45. The lowest BCUT2D eigenvalue weighted by molar-refractivity contribution is 0.278. The highest BCUT2D eigenvalue weighted by molar-refractivity contribution is 7.92. The van der Waals surface area contributed by atoms with E-state index in [1.54, 1.807) is 20.8 Å². The van der Waals surface area contributed by atoms with E-state index in [9.17, 15) is 8.42 Å². The molecule has 2 N–H and O–H groups in total. The summed E-state index contributed by atoms with van der Waals surface area (Å²) < 4.78 is 23.1. The molecular formula is C13H27N3O2S. The van der Waals surface area contributed by atoms with Gasteiger partial charge in [0.05, 0.1) is 17.0 Å². The molecule has 0 aliphatic carbocycles. The Labute approximate surface area is 117 Å². The fraction of sp³-hybridized carbons (Fsp3) is 0.923. The molecule has 0 aromatic carbocycles. The number of rotatable bonds is 3. The largest absolute Gasteiger partial charge is 0.370 e. The van der Waals surface area contributed by atoms with Crippen LogP contribution in [0, 0.1) is 5.92 Å². The summed E-state index contributed by atoms with van der Waals surface area (Å²) in [7, 11) is -3.11. The van der Waals surface area contributed by atoms with Gasteiger partial charge in [-0.2, -0.15) is 0 Å². The van der Waals surface area contributed by atoms with Crippen LogP contribution in [-0.4, -0.2) is 49.4 Å². The van der Waals surface area contributed by atoms with E-state index in [2.05, 4.69) is 11.9 Å². The molecule has 6 heteroatoms. The van der Waals surface area contributed by atoms with Gasteiger partial charge < -0.3 is 10.6 Å². The number of piperidine rings is 1. The molecule has 0 aromatic rings. The van der Waals surface area contributed by atoms with Crippen molar-refractivity contribution >= 4 is 15.8 Å². The van der Waals surface area contributed by atoms with Gasteiger partial charge in [0, 0.05) is 13.1 Å². The first-order valence-electron chi connectivity index (χ1n) is 6.90. The van der Waals surface area contributed by atoms with Crippen LogP contribution in [-0.2, 0) is 9.84 Å². The molecule has 0 saturated carbocycles. The van der Waals surface area contributed by atoms with E-state index in [0.717, 1.165) is 31.8 Å². The lowest BCUT2D eigenvalue weighted by Crippen LogP contribution is -2.42. The zero-order valence-corrected chi connectivity index (χ0v) is 13.3. The van der Waals surface area contributed by atoms with Crippen molar-refractivity contribution in [2.45, 2.75) is 45.3 Å². The Hall–Kier alpha value is -0.780. The van der Waals surface area contributed by atoms with Crippen LogP contribution in [0.5, 0.6) is 0 Å². The standard InChI is InChI=1S/C13H27N3O2S/c1-11-5-8-16(9-6-11)12(14)15-7-10-19(17,18)13(2,3)4/h11H,5-10H2,1-4H3,(H2,14,15). The number of hydrogen-bond donors (Lipinski definition) is 1. The zero-order valence-electron chi connectivity index (χ0n) is 12.5. The molecule has 1 heterocycles. The summed E-state index contributed by atoms with van der Waals surface area (Å²) in [6, 6.07) is 0. The summed E-state index contributed by atoms with van der Waals surface area (Å²) in [6.07, 6.45) is 2.24. The molecule has 1 saturated heterocycles. The minimum absolute atomic E-state index is 0.0570. The Morgan fingerprint density at radius 1 is 1.32 bits per heavy atom. The molecule has 0 atom stereocenters. The molecule has 1 aliphatic heterocycles. The molecular weight excluding hydrogens is 262 g/mol. The molecule has 0 unspecified atom stereocenters. The number of aliphatic imine (C=N–C) groups is 1. The smallest absolute Gasteiger partial charge is 0.191 e. The molecule has 0 amide bonds. The molecule has 19 heavy (non-hydrogen) atoms. The van der Waals surface area contributed by atoms with Crippen LogP contribution in [0.3, 0.4) is 0 Å². The molecule has 5 nitrogen and oxygen atoms in total. The lowest BCUT2D eigenvalue weighted by atomic mass is 10.00. The van der Waals surface area contributed by atoms with Crippen LogP contribution in [0.1, 0.15) is 40.5 Å². The number of nitrogens with two attached hydrogens (primary N) is 1. The van der Waals surface area contributed by atoms with Crippen molar-refractivity contribution in [2.75, 3.05) is 25.4 Å². The number of hydrogen-bond acceptors (Lipinski definition) is 3. The van der Waals surface area contributed by atoms with E-state index >= 15 is 0 Å². The normalized spacial score (nSPS) is 19.8. The van der Waals surface area contributed by atoms with E-state index in [0.29, 0.717) is 5.96 Å². The van der Waals surface area contributed by atoms with Gasteiger partial charge in [0.25, 0.3) is 0 Å². The molecule has 0 aromatic heterocycles. The summed E-state index contributed by atoms with van der Waals surface area (Å²) in [5.41, 5.74) is 5.91. The van der Waals surface area contributed by atoms with Gasteiger partial charge in [0.2, 0.25) is 0 Å². The van der Waals surface area contributed by atoms with Gasteiger partial charge in [0.1, 0.15) is 0 Å². The molecule has 0 spiro atoms. The van der Waals surface area contributed by atoms with Crippen molar-refractivity contribution in [3.05, 3.63) is 0 Å². The second kappa shape index (κ2) is 6.11. The molecule has 1 rings (SSSR count). The minimum atomic E-state index is -3.11. The second-order valence-corrected chi connectivity index (χ2v) is 9.20. The van der Waals surface area contributed by atoms with E-state index in [1.807, 2.05) is 4.90 Å². The monoisotopic (exact) mass is 289 g/mol. The van der Waals surface area contributed by atoms with E-state index in [1.165, 1.54) is 0 Å². The average Bonchev–Trinajstić information content (AvgIpc) is 2.28.